The summed E-state index contributed by atoms with van der Waals surface area (Å²) >= 11 is 0. The molecule has 1 fully saturated rings. The van der Waals surface area contributed by atoms with Crippen molar-refractivity contribution in [1.82, 2.24) is 10.2 Å². The van der Waals surface area contributed by atoms with Gasteiger partial charge in [0, 0.05) is 19.6 Å². The van der Waals surface area contributed by atoms with Crippen molar-refractivity contribution in [3.8, 4) is 5.75 Å². The zero-order valence-electron chi connectivity index (χ0n) is 15.2. The van der Waals surface area contributed by atoms with Crippen molar-refractivity contribution in [3.63, 3.8) is 0 Å². The second-order valence-electron chi connectivity index (χ2n) is 6.67. The molecule has 1 saturated heterocycles. The van der Waals surface area contributed by atoms with Gasteiger partial charge < -0.3 is 19.7 Å². The Morgan fingerprint density at radius 3 is 2.76 bits per heavy atom. The molecule has 1 N–H and O–H groups in total. The molecular weight excluding hydrogens is 323 g/mol. The molecule has 1 heterocycles. The van der Waals surface area contributed by atoms with Crippen LogP contribution in [0, 0.1) is 5.82 Å². The molecule has 0 radical (unpaired) electrons. The van der Waals surface area contributed by atoms with E-state index in [0.717, 1.165) is 18.7 Å². The summed E-state index contributed by atoms with van der Waals surface area (Å²) in [5.74, 6) is -0.898. The van der Waals surface area contributed by atoms with Gasteiger partial charge in [0.2, 0.25) is 0 Å². The molecule has 1 aromatic carbocycles. The highest BCUT2D eigenvalue weighted by molar-refractivity contribution is 5.71. The zero-order chi connectivity index (χ0) is 18.1. The molecule has 1 aliphatic heterocycles. The SMILES string of the molecule is CC(C)OC(=O)COc1cc(CNCCN2CCCCC2)ccc1F. The van der Waals surface area contributed by atoms with Gasteiger partial charge in [-0.1, -0.05) is 12.5 Å². The van der Waals surface area contributed by atoms with Gasteiger partial charge >= 0.3 is 5.97 Å². The normalized spacial score (nSPS) is 15.4. The van der Waals surface area contributed by atoms with Crippen LogP contribution in [0.25, 0.3) is 0 Å². The number of halogens is 1. The van der Waals surface area contributed by atoms with E-state index in [1.807, 2.05) is 0 Å². The third-order valence-corrected chi connectivity index (χ3v) is 4.09. The quantitative estimate of drug-likeness (QED) is 0.547. The fourth-order valence-electron chi connectivity index (χ4n) is 2.85. The van der Waals surface area contributed by atoms with Crippen molar-refractivity contribution >= 4 is 5.97 Å². The van der Waals surface area contributed by atoms with Gasteiger partial charge in [-0.05, 0) is 57.5 Å². The molecule has 0 aliphatic carbocycles. The summed E-state index contributed by atoms with van der Waals surface area (Å²) in [7, 11) is 0. The maximum absolute atomic E-state index is 13.8. The molecule has 1 aromatic rings. The van der Waals surface area contributed by atoms with Crippen molar-refractivity contribution in [2.75, 3.05) is 32.8 Å². The van der Waals surface area contributed by atoms with E-state index in [9.17, 15) is 9.18 Å². The van der Waals surface area contributed by atoms with Gasteiger partial charge in [0.05, 0.1) is 6.10 Å². The summed E-state index contributed by atoms with van der Waals surface area (Å²) in [4.78, 5) is 14.0. The second-order valence-corrected chi connectivity index (χ2v) is 6.67. The van der Waals surface area contributed by atoms with Crippen LogP contribution >= 0.6 is 0 Å². The van der Waals surface area contributed by atoms with Crippen molar-refractivity contribution in [2.45, 2.75) is 45.8 Å². The predicted octanol–water partition coefficient (Wildman–Crippen LogP) is 2.73. The van der Waals surface area contributed by atoms with E-state index in [-0.39, 0.29) is 18.5 Å². The lowest BCUT2D eigenvalue weighted by molar-refractivity contribution is -0.149. The average Bonchev–Trinajstić information content (AvgIpc) is 2.59. The molecule has 0 amide bonds. The van der Waals surface area contributed by atoms with Gasteiger partial charge in [-0.2, -0.15) is 0 Å². The van der Waals surface area contributed by atoms with Gasteiger partial charge in [0.15, 0.2) is 18.2 Å². The summed E-state index contributed by atoms with van der Waals surface area (Å²) in [5.41, 5.74) is 0.923. The molecule has 2 rings (SSSR count). The lowest BCUT2D eigenvalue weighted by Gasteiger charge is -2.26. The Hall–Kier alpha value is -1.66. The first-order valence-corrected chi connectivity index (χ1v) is 9.08. The van der Waals surface area contributed by atoms with Crippen molar-refractivity contribution in [3.05, 3.63) is 29.6 Å². The predicted molar refractivity (Wildman–Crippen MR) is 95.1 cm³/mol. The van der Waals surface area contributed by atoms with Crippen molar-refractivity contribution < 1.29 is 18.7 Å². The lowest BCUT2D eigenvalue weighted by atomic mass is 10.1. The van der Waals surface area contributed by atoms with E-state index >= 15 is 0 Å². The maximum Gasteiger partial charge on any atom is 0.344 e. The summed E-state index contributed by atoms with van der Waals surface area (Å²) in [5, 5.41) is 3.38. The van der Waals surface area contributed by atoms with E-state index in [2.05, 4.69) is 10.2 Å². The number of nitrogens with one attached hydrogen (secondary N) is 1. The van der Waals surface area contributed by atoms with Crippen LogP contribution in [0.1, 0.15) is 38.7 Å². The van der Waals surface area contributed by atoms with E-state index < -0.39 is 11.8 Å². The number of likely N-dealkylation sites (tertiary alicyclic amines) is 1. The number of carbonyl (C=O) groups excluding carboxylic acids is 1. The van der Waals surface area contributed by atoms with Crippen LogP contribution in [0.3, 0.4) is 0 Å². The highest BCUT2D eigenvalue weighted by atomic mass is 19.1. The number of piperidine rings is 1. The summed E-state index contributed by atoms with van der Waals surface area (Å²) in [6, 6.07) is 4.72. The highest BCUT2D eigenvalue weighted by Gasteiger charge is 2.11. The number of esters is 1. The number of hydrogen-bond donors (Lipinski definition) is 1. The monoisotopic (exact) mass is 352 g/mol. The molecule has 0 bridgehead atoms. The zero-order valence-corrected chi connectivity index (χ0v) is 15.2. The molecular formula is C19H29FN2O3. The smallest absolute Gasteiger partial charge is 0.344 e. The summed E-state index contributed by atoms with van der Waals surface area (Å²) in [6.45, 7) is 8.16. The van der Waals surface area contributed by atoms with Crippen LogP contribution in [0.4, 0.5) is 4.39 Å². The number of nitrogens with zero attached hydrogens (tertiary/aromatic N) is 1. The Morgan fingerprint density at radius 1 is 1.28 bits per heavy atom. The summed E-state index contributed by atoms with van der Waals surface area (Å²) in [6.07, 6.45) is 3.71. The Morgan fingerprint density at radius 2 is 2.04 bits per heavy atom. The van der Waals surface area contributed by atoms with Gasteiger partial charge in [0.25, 0.3) is 0 Å². The van der Waals surface area contributed by atoms with E-state index in [1.165, 1.54) is 38.4 Å². The largest absolute Gasteiger partial charge is 0.479 e. The van der Waals surface area contributed by atoms with Crippen molar-refractivity contribution in [2.24, 2.45) is 0 Å². The van der Waals surface area contributed by atoms with Gasteiger partial charge in [0.1, 0.15) is 0 Å². The molecule has 0 saturated carbocycles. The van der Waals surface area contributed by atoms with Gasteiger partial charge in [-0.3, -0.25) is 0 Å². The molecule has 6 heteroatoms. The third kappa shape index (κ3) is 7.40. The number of hydrogen-bond acceptors (Lipinski definition) is 5. The molecule has 0 aromatic heterocycles. The molecule has 1 aliphatic rings. The standard InChI is InChI=1S/C19H29FN2O3/c1-15(2)25-19(23)14-24-18-12-16(6-7-17(18)20)13-21-8-11-22-9-4-3-5-10-22/h6-7,12,15,21H,3-5,8-11,13-14H2,1-2H3. The van der Waals surface area contributed by atoms with Crippen LogP contribution in [-0.4, -0.2) is 49.8 Å². The minimum absolute atomic E-state index is 0.0797. The van der Waals surface area contributed by atoms with Crippen LogP contribution in [-0.2, 0) is 16.1 Å². The minimum Gasteiger partial charge on any atom is -0.479 e. The maximum atomic E-state index is 13.8. The van der Waals surface area contributed by atoms with Crippen molar-refractivity contribution in [1.29, 1.82) is 0 Å². The number of benzene rings is 1. The first kappa shape index (κ1) is 19.7. The Kier molecular flexibility index (Phi) is 8.15. The van der Waals surface area contributed by atoms with E-state index in [4.69, 9.17) is 9.47 Å². The van der Waals surface area contributed by atoms with Gasteiger partial charge in [-0.25, -0.2) is 9.18 Å². The van der Waals surface area contributed by atoms with E-state index in [1.54, 1.807) is 26.0 Å². The molecule has 0 unspecified atom stereocenters. The fourth-order valence-corrected chi connectivity index (χ4v) is 2.85. The Bertz CT molecular complexity index is 545. The Balaban J connectivity index is 1.74. The molecule has 0 spiro atoms. The molecule has 25 heavy (non-hydrogen) atoms. The lowest BCUT2D eigenvalue weighted by Crippen LogP contribution is -2.35. The fraction of sp³-hybridized carbons (Fsp3) is 0.632. The molecule has 140 valence electrons. The number of carbonyl (C=O) groups is 1. The number of ether oxygens (including phenoxy) is 2. The first-order valence-electron chi connectivity index (χ1n) is 9.08. The van der Waals surface area contributed by atoms with Crippen LogP contribution in [0.2, 0.25) is 0 Å². The molecule has 5 nitrogen and oxygen atoms in total. The van der Waals surface area contributed by atoms with Crippen LogP contribution in [0.5, 0.6) is 5.75 Å². The highest BCUT2D eigenvalue weighted by Crippen LogP contribution is 2.19. The molecule has 0 atom stereocenters. The summed E-state index contributed by atoms with van der Waals surface area (Å²) < 4.78 is 24.0. The van der Waals surface area contributed by atoms with Gasteiger partial charge in [-0.15, -0.1) is 0 Å². The Labute approximate surface area is 149 Å². The van der Waals surface area contributed by atoms with Crippen LogP contribution in [0.15, 0.2) is 18.2 Å². The van der Waals surface area contributed by atoms with E-state index in [0.29, 0.717) is 6.54 Å². The second kappa shape index (κ2) is 10.4. The van der Waals surface area contributed by atoms with Crippen LogP contribution < -0.4 is 10.1 Å². The number of rotatable bonds is 9. The minimum atomic E-state index is -0.501. The topological polar surface area (TPSA) is 50.8 Å². The first-order chi connectivity index (χ1) is 12.0. The third-order valence-electron chi connectivity index (χ3n) is 4.09. The average molecular weight is 352 g/mol.